The molecule has 0 atom stereocenters. The first-order valence-electron chi connectivity index (χ1n) is 10.7. The second-order valence-corrected chi connectivity index (χ2v) is 7.58. The molecule has 0 aliphatic heterocycles. The van der Waals surface area contributed by atoms with Crippen LogP contribution in [0.15, 0.2) is 132 Å². The number of rotatable bonds is 6. The zero-order chi connectivity index (χ0) is 21.6. The fraction of sp³-hybridized carbons (Fsp3) is 0.0333. The van der Waals surface area contributed by atoms with Gasteiger partial charge in [0.1, 0.15) is 17.9 Å². The lowest BCUT2D eigenvalue weighted by molar-refractivity contribution is 0.307. The van der Waals surface area contributed by atoms with E-state index in [1.54, 1.807) is 0 Å². The van der Waals surface area contributed by atoms with Gasteiger partial charge in [0.25, 0.3) is 0 Å². The lowest BCUT2D eigenvalue weighted by Crippen LogP contribution is -1.97. The summed E-state index contributed by atoms with van der Waals surface area (Å²) in [5, 5.41) is 0. The van der Waals surface area contributed by atoms with Crippen LogP contribution in [0.5, 0.6) is 5.75 Å². The number of hydrogen-bond donors (Lipinski definition) is 0. The van der Waals surface area contributed by atoms with Crippen molar-refractivity contribution in [3.8, 4) is 39.5 Å². The minimum atomic E-state index is 0.502. The molecule has 0 amide bonds. The first-order chi connectivity index (χ1) is 15.9. The van der Waals surface area contributed by atoms with E-state index in [-0.39, 0.29) is 0 Å². The zero-order valence-corrected chi connectivity index (χ0v) is 17.6. The largest absolute Gasteiger partial charge is 0.488 e. The van der Waals surface area contributed by atoms with E-state index in [0.717, 1.165) is 45.1 Å². The Morgan fingerprint density at radius 3 is 1.78 bits per heavy atom. The maximum Gasteiger partial charge on any atom is 0.365 e. The second-order valence-electron chi connectivity index (χ2n) is 7.58. The Balaban J connectivity index is 1.59. The molecule has 2 heteroatoms. The number of hydrogen-bond acceptors (Lipinski definition) is 1. The first-order valence-corrected chi connectivity index (χ1v) is 10.7. The fourth-order valence-corrected chi connectivity index (χ4v) is 3.71. The summed E-state index contributed by atoms with van der Waals surface area (Å²) in [6.07, 6.45) is 0. The van der Waals surface area contributed by atoms with Gasteiger partial charge in [-0.3, -0.25) is 0 Å². The molecule has 0 fully saturated rings. The van der Waals surface area contributed by atoms with Crippen molar-refractivity contribution in [3.63, 3.8) is 0 Å². The van der Waals surface area contributed by atoms with Crippen LogP contribution in [0.4, 0.5) is 0 Å². The van der Waals surface area contributed by atoms with Gasteiger partial charge in [0, 0.05) is 5.56 Å². The van der Waals surface area contributed by atoms with Crippen molar-refractivity contribution in [2.75, 3.05) is 0 Å². The molecule has 32 heavy (non-hydrogen) atoms. The smallest absolute Gasteiger partial charge is 0.365 e. The lowest BCUT2D eigenvalue weighted by Gasteiger charge is -2.09. The van der Waals surface area contributed by atoms with E-state index < -0.39 is 0 Å². The van der Waals surface area contributed by atoms with Crippen LogP contribution in [-0.4, -0.2) is 0 Å². The number of ether oxygens (including phenoxy) is 1. The summed E-state index contributed by atoms with van der Waals surface area (Å²) >= 11 is 0. The van der Waals surface area contributed by atoms with Gasteiger partial charge in [0.05, 0.1) is 17.7 Å². The average molecular weight is 416 g/mol. The monoisotopic (exact) mass is 415 g/mol. The summed E-state index contributed by atoms with van der Waals surface area (Å²) in [4.78, 5) is 0. The SMILES string of the molecule is c1ccc(COc2ccccc2-c2cc(-c3ccccc3)cc(-c3ccccc3)[o+]2)cc1. The van der Waals surface area contributed by atoms with E-state index in [4.69, 9.17) is 9.15 Å². The Morgan fingerprint density at radius 1 is 0.500 bits per heavy atom. The molecule has 1 aromatic heterocycles. The highest BCUT2D eigenvalue weighted by molar-refractivity contribution is 5.76. The molecule has 0 saturated heterocycles. The first kappa shape index (κ1) is 19.8. The topological polar surface area (TPSA) is 20.5 Å². The predicted molar refractivity (Wildman–Crippen MR) is 130 cm³/mol. The standard InChI is InChI=1S/C30H23O2/c1-4-12-23(13-5-1)22-31-28-19-11-10-18-27(28)30-21-26(24-14-6-2-7-15-24)20-29(32-30)25-16-8-3-9-17-25/h1-21H,22H2/q+1. The molecule has 0 aliphatic carbocycles. The minimum absolute atomic E-state index is 0.502. The highest BCUT2D eigenvalue weighted by Gasteiger charge is 2.23. The van der Waals surface area contributed by atoms with E-state index in [1.165, 1.54) is 0 Å². The Bertz CT molecular complexity index is 1240. The molecule has 5 rings (SSSR count). The van der Waals surface area contributed by atoms with E-state index in [2.05, 4.69) is 60.7 Å². The van der Waals surface area contributed by atoms with Crippen molar-refractivity contribution in [2.45, 2.75) is 6.61 Å². The van der Waals surface area contributed by atoms with Crippen molar-refractivity contribution in [1.29, 1.82) is 0 Å². The van der Waals surface area contributed by atoms with Crippen LogP contribution in [0.1, 0.15) is 5.56 Å². The molecule has 0 N–H and O–H groups in total. The van der Waals surface area contributed by atoms with E-state index in [1.807, 2.05) is 66.7 Å². The van der Waals surface area contributed by atoms with Crippen LogP contribution >= 0.6 is 0 Å². The van der Waals surface area contributed by atoms with Crippen LogP contribution < -0.4 is 4.74 Å². The van der Waals surface area contributed by atoms with Crippen molar-refractivity contribution < 1.29 is 9.15 Å². The number of para-hydroxylation sites is 1. The molecular weight excluding hydrogens is 392 g/mol. The fourth-order valence-electron chi connectivity index (χ4n) is 3.71. The summed E-state index contributed by atoms with van der Waals surface area (Å²) < 4.78 is 12.6. The van der Waals surface area contributed by atoms with Crippen LogP contribution in [0, 0.1) is 0 Å². The van der Waals surface area contributed by atoms with Crippen LogP contribution in [0.2, 0.25) is 0 Å². The summed E-state index contributed by atoms with van der Waals surface area (Å²) in [6.45, 7) is 0.502. The van der Waals surface area contributed by atoms with E-state index in [0.29, 0.717) is 6.61 Å². The Morgan fingerprint density at radius 2 is 1.06 bits per heavy atom. The molecule has 0 spiro atoms. The van der Waals surface area contributed by atoms with E-state index >= 15 is 0 Å². The molecule has 0 radical (unpaired) electrons. The van der Waals surface area contributed by atoms with Crippen molar-refractivity contribution in [2.24, 2.45) is 0 Å². The molecule has 4 aromatic carbocycles. The van der Waals surface area contributed by atoms with Gasteiger partial charge in [-0.25, -0.2) is 4.42 Å². The van der Waals surface area contributed by atoms with Gasteiger partial charge in [0.2, 0.25) is 0 Å². The second kappa shape index (κ2) is 9.32. The van der Waals surface area contributed by atoms with Crippen molar-refractivity contribution in [3.05, 3.63) is 133 Å². The lowest BCUT2D eigenvalue weighted by atomic mass is 10.0. The maximum absolute atomic E-state index is 6.42. The molecule has 0 aliphatic rings. The third kappa shape index (κ3) is 4.45. The molecule has 154 valence electrons. The van der Waals surface area contributed by atoms with Crippen LogP contribution in [0.3, 0.4) is 0 Å². The molecular formula is C30H23O2+. The summed E-state index contributed by atoms with van der Waals surface area (Å²) in [6, 6.07) is 43.0. The molecule has 0 unspecified atom stereocenters. The molecule has 5 aromatic rings. The summed E-state index contributed by atoms with van der Waals surface area (Å²) in [5.41, 5.74) is 5.34. The highest BCUT2D eigenvalue weighted by Crippen LogP contribution is 2.36. The summed E-state index contributed by atoms with van der Waals surface area (Å²) in [7, 11) is 0. The molecule has 0 bridgehead atoms. The number of benzene rings is 4. The molecule has 2 nitrogen and oxygen atoms in total. The van der Waals surface area contributed by atoms with Gasteiger partial charge in [0.15, 0.2) is 0 Å². The average Bonchev–Trinajstić information content (AvgIpc) is 2.89. The van der Waals surface area contributed by atoms with Crippen molar-refractivity contribution in [1.82, 2.24) is 0 Å². The van der Waals surface area contributed by atoms with Gasteiger partial charge in [-0.05, 0) is 35.4 Å². The maximum atomic E-state index is 6.42. The third-order valence-electron chi connectivity index (χ3n) is 5.35. The Kier molecular flexibility index (Phi) is 5.76. The quantitative estimate of drug-likeness (QED) is 0.261. The normalized spacial score (nSPS) is 10.6. The zero-order valence-electron chi connectivity index (χ0n) is 17.6. The molecule has 1 heterocycles. The Labute approximate surface area is 188 Å². The third-order valence-corrected chi connectivity index (χ3v) is 5.35. The van der Waals surface area contributed by atoms with Gasteiger partial charge in [-0.15, -0.1) is 0 Å². The van der Waals surface area contributed by atoms with Crippen LogP contribution in [-0.2, 0) is 6.61 Å². The minimum Gasteiger partial charge on any atom is -0.488 e. The van der Waals surface area contributed by atoms with Crippen LogP contribution in [0.25, 0.3) is 33.8 Å². The summed E-state index contributed by atoms with van der Waals surface area (Å²) in [5.74, 6) is 2.39. The molecule has 0 saturated carbocycles. The van der Waals surface area contributed by atoms with Crippen molar-refractivity contribution >= 4 is 0 Å². The highest BCUT2D eigenvalue weighted by atomic mass is 16.5. The van der Waals surface area contributed by atoms with Gasteiger partial charge in [-0.1, -0.05) is 91.0 Å². The van der Waals surface area contributed by atoms with Gasteiger partial charge >= 0.3 is 11.5 Å². The predicted octanol–water partition coefficient (Wildman–Crippen LogP) is 8.14. The van der Waals surface area contributed by atoms with Gasteiger partial charge < -0.3 is 4.74 Å². The van der Waals surface area contributed by atoms with Gasteiger partial charge in [-0.2, -0.15) is 0 Å². The Hall–Kier alpha value is -4.17. The van der Waals surface area contributed by atoms with E-state index in [9.17, 15) is 0 Å².